The van der Waals surface area contributed by atoms with Crippen LogP contribution < -0.4 is 5.73 Å². The van der Waals surface area contributed by atoms with E-state index < -0.39 is 0 Å². The number of rotatable bonds is 3. The molecule has 0 aliphatic rings. The highest BCUT2D eigenvalue weighted by atomic mass is 35.5. The molecule has 2 heteroatoms. The highest BCUT2D eigenvalue weighted by Crippen LogP contribution is 2.33. The smallest absolute Gasteiger partial charge is 0.0384 e. The topological polar surface area (TPSA) is 26.0 Å². The summed E-state index contributed by atoms with van der Waals surface area (Å²) in [6, 6.07) is 4.55. The number of nitrogens with two attached hydrogens (primary N) is 1. The second-order valence-corrected chi connectivity index (χ2v) is 5.58. The van der Waals surface area contributed by atoms with E-state index in [2.05, 4.69) is 53.7 Å². The molecule has 1 aromatic rings. The van der Waals surface area contributed by atoms with Crippen molar-refractivity contribution in [3.63, 3.8) is 0 Å². The maximum Gasteiger partial charge on any atom is 0.0384 e. The summed E-state index contributed by atoms with van der Waals surface area (Å²) in [7, 11) is 0. The first-order chi connectivity index (χ1) is 7.34. The van der Waals surface area contributed by atoms with Gasteiger partial charge in [-0.1, -0.05) is 53.7 Å². The molecule has 2 N–H and O–H groups in total. The number of benzene rings is 1. The van der Waals surface area contributed by atoms with Crippen molar-refractivity contribution in [2.45, 2.75) is 59.3 Å². The van der Waals surface area contributed by atoms with E-state index >= 15 is 0 Å². The largest absolute Gasteiger partial charge is 0.398 e. The van der Waals surface area contributed by atoms with E-state index in [4.69, 9.17) is 5.73 Å². The molecule has 1 aromatic carbocycles. The summed E-state index contributed by atoms with van der Waals surface area (Å²) in [5.74, 6) is 1.56. The van der Waals surface area contributed by atoms with Gasteiger partial charge >= 0.3 is 0 Å². The first-order valence-electron chi connectivity index (χ1n) is 6.27. The molecule has 0 aliphatic heterocycles. The Hall–Kier alpha value is -0.690. The number of hydrogen-bond acceptors (Lipinski definition) is 1. The molecular formula is C15H26ClN. The van der Waals surface area contributed by atoms with Crippen molar-refractivity contribution in [2.75, 3.05) is 5.73 Å². The molecule has 0 radical (unpaired) electrons. The Morgan fingerprint density at radius 1 is 0.765 bits per heavy atom. The van der Waals surface area contributed by atoms with Crippen molar-refractivity contribution in [1.29, 1.82) is 0 Å². The Morgan fingerprint density at radius 3 is 1.35 bits per heavy atom. The van der Waals surface area contributed by atoms with Gasteiger partial charge in [-0.25, -0.2) is 0 Å². The third kappa shape index (κ3) is 3.64. The van der Waals surface area contributed by atoms with Crippen LogP contribution in [-0.4, -0.2) is 0 Å². The molecule has 0 saturated carbocycles. The second-order valence-electron chi connectivity index (χ2n) is 5.58. The van der Waals surface area contributed by atoms with E-state index in [1.165, 1.54) is 16.7 Å². The summed E-state index contributed by atoms with van der Waals surface area (Å²) in [5, 5.41) is 0. The van der Waals surface area contributed by atoms with E-state index in [0.29, 0.717) is 17.8 Å². The average Bonchev–Trinajstić information content (AvgIpc) is 2.16. The fourth-order valence-electron chi connectivity index (χ4n) is 2.01. The van der Waals surface area contributed by atoms with E-state index in [9.17, 15) is 0 Å². The molecule has 0 aromatic heterocycles. The fourth-order valence-corrected chi connectivity index (χ4v) is 2.01. The maximum absolute atomic E-state index is 6.25. The Kier molecular flexibility index (Phi) is 6.04. The molecule has 1 rings (SSSR count). The van der Waals surface area contributed by atoms with Gasteiger partial charge in [0, 0.05) is 5.69 Å². The van der Waals surface area contributed by atoms with Crippen LogP contribution in [0.2, 0.25) is 0 Å². The van der Waals surface area contributed by atoms with Crippen LogP contribution in [0.3, 0.4) is 0 Å². The van der Waals surface area contributed by atoms with Gasteiger partial charge in [0.1, 0.15) is 0 Å². The molecule has 0 amide bonds. The lowest BCUT2D eigenvalue weighted by atomic mass is 9.88. The van der Waals surface area contributed by atoms with Gasteiger partial charge in [-0.15, -0.1) is 12.4 Å². The van der Waals surface area contributed by atoms with Gasteiger partial charge in [-0.3, -0.25) is 0 Å². The molecule has 0 spiro atoms. The Morgan fingerprint density at radius 2 is 1.12 bits per heavy atom. The zero-order valence-electron chi connectivity index (χ0n) is 11.9. The Balaban J connectivity index is 0.00000256. The van der Waals surface area contributed by atoms with E-state index in [-0.39, 0.29) is 12.4 Å². The van der Waals surface area contributed by atoms with Gasteiger partial charge in [0.25, 0.3) is 0 Å². The molecule has 0 saturated heterocycles. The standard InChI is InChI=1S/C15H25N.ClH/c1-9(2)12-7-13(10(3)4)15(16)14(8-12)11(5)6;/h7-11H,16H2,1-6H3;1H. The molecule has 0 heterocycles. The van der Waals surface area contributed by atoms with Gasteiger partial charge < -0.3 is 5.73 Å². The molecule has 17 heavy (non-hydrogen) atoms. The van der Waals surface area contributed by atoms with Crippen molar-refractivity contribution >= 4 is 18.1 Å². The summed E-state index contributed by atoms with van der Waals surface area (Å²) >= 11 is 0. The maximum atomic E-state index is 6.25. The summed E-state index contributed by atoms with van der Waals surface area (Å²) in [5.41, 5.74) is 11.3. The minimum Gasteiger partial charge on any atom is -0.398 e. The predicted octanol–water partition coefficient (Wildman–Crippen LogP) is 5.06. The molecule has 1 nitrogen and oxygen atoms in total. The van der Waals surface area contributed by atoms with Crippen molar-refractivity contribution in [3.05, 3.63) is 28.8 Å². The zero-order chi connectivity index (χ0) is 12.5. The quantitative estimate of drug-likeness (QED) is 0.751. The van der Waals surface area contributed by atoms with Crippen LogP contribution >= 0.6 is 12.4 Å². The van der Waals surface area contributed by atoms with Gasteiger partial charge in [0.15, 0.2) is 0 Å². The van der Waals surface area contributed by atoms with Crippen LogP contribution in [0.25, 0.3) is 0 Å². The summed E-state index contributed by atoms with van der Waals surface area (Å²) in [6.45, 7) is 13.3. The van der Waals surface area contributed by atoms with Crippen molar-refractivity contribution in [2.24, 2.45) is 0 Å². The summed E-state index contributed by atoms with van der Waals surface area (Å²) in [4.78, 5) is 0. The number of anilines is 1. The molecular weight excluding hydrogens is 230 g/mol. The molecule has 0 atom stereocenters. The molecule has 98 valence electrons. The van der Waals surface area contributed by atoms with Crippen molar-refractivity contribution in [1.82, 2.24) is 0 Å². The van der Waals surface area contributed by atoms with E-state index in [1.54, 1.807) is 0 Å². The van der Waals surface area contributed by atoms with Gasteiger partial charge in [-0.05, 0) is 34.4 Å². The van der Waals surface area contributed by atoms with E-state index in [1.807, 2.05) is 0 Å². The van der Waals surface area contributed by atoms with Crippen LogP contribution in [0.15, 0.2) is 12.1 Å². The van der Waals surface area contributed by atoms with Crippen LogP contribution in [0.4, 0.5) is 5.69 Å². The number of halogens is 1. The van der Waals surface area contributed by atoms with Crippen LogP contribution in [0.5, 0.6) is 0 Å². The first-order valence-corrected chi connectivity index (χ1v) is 6.27. The highest BCUT2D eigenvalue weighted by Gasteiger charge is 2.14. The molecule has 0 aliphatic carbocycles. The van der Waals surface area contributed by atoms with Crippen LogP contribution in [0.1, 0.15) is 76.0 Å². The second kappa shape index (κ2) is 6.30. The molecule has 0 unspecified atom stereocenters. The lowest BCUT2D eigenvalue weighted by Gasteiger charge is -2.20. The third-order valence-corrected chi connectivity index (χ3v) is 3.18. The summed E-state index contributed by atoms with van der Waals surface area (Å²) in [6.07, 6.45) is 0. The van der Waals surface area contributed by atoms with Crippen LogP contribution in [-0.2, 0) is 0 Å². The average molecular weight is 256 g/mol. The van der Waals surface area contributed by atoms with Gasteiger partial charge in [-0.2, -0.15) is 0 Å². The molecule has 0 bridgehead atoms. The minimum absolute atomic E-state index is 0. The number of nitrogen functional groups attached to an aromatic ring is 1. The normalized spacial score (nSPS) is 11.1. The number of hydrogen-bond donors (Lipinski definition) is 1. The van der Waals surface area contributed by atoms with Crippen molar-refractivity contribution in [3.8, 4) is 0 Å². The SMILES string of the molecule is CC(C)c1cc(C(C)C)c(N)c(C(C)C)c1.Cl. The monoisotopic (exact) mass is 255 g/mol. The third-order valence-electron chi connectivity index (χ3n) is 3.18. The highest BCUT2D eigenvalue weighted by molar-refractivity contribution is 5.85. The van der Waals surface area contributed by atoms with Gasteiger partial charge in [0.05, 0.1) is 0 Å². The minimum atomic E-state index is 0. The predicted molar refractivity (Wildman–Crippen MR) is 80.4 cm³/mol. The van der Waals surface area contributed by atoms with Gasteiger partial charge in [0.2, 0.25) is 0 Å². The van der Waals surface area contributed by atoms with Crippen LogP contribution in [0, 0.1) is 0 Å². The lowest BCUT2D eigenvalue weighted by Crippen LogP contribution is -2.05. The van der Waals surface area contributed by atoms with E-state index in [0.717, 1.165) is 5.69 Å². The molecule has 0 fully saturated rings. The van der Waals surface area contributed by atoms with Crippen molar-refractivity contribution < 1.29 is 0 Å². The zero-order valence-corrected chi connectivity index (χ0v) is 12.7. The Bertz CT molecular complexity index is 338. The fraction of sp³-hybridized carbons (Fsp3) is 0.600. The lowest BCUT2D eigenvalue weighted by molar-refractivity contribution is 0.809. The Labute approximate surface area is 112 Å². The first kappa shape index (κ1) is 16.3. The summed E-state index contributed by atoms with van der Waals surface area (Å²) < 4.78 is 0.